The molecule has 1 aliphatic rings. The van der Waals surface area contributed by atoms with Gasteiger partial charge in [-0.2, -0.15) is 0 Å². The largest absolute Gasteiger partial charge is 0.478 e. The molecule has 1 fully saturated rings. The van der Waals surface area contributed by atoms with Crippen LogP contribution in [0.3, 0.4) is 0 Å². The summed E-state index contributed by atoms with van der Waals surface area (Å²) < 4.78 is 4.70. The number of ether oxygens (including phenoxy) is 1. The third kappa shape index (κ3) is 1.99. The van der Waals surface area contributed by atoms with Gasteiger partial charge in [0, 0.05) is 0 Å². The smallest absolute Gasteiger partial charge is 0.348 e. The van der Waals surface area contributed by atoms with Crippen LogP contribution in [0.25, 0.3) is 0 Å². The third-order valence-electron chi connectivity index (χ3n) is 2.25. The summed E-state index contributed by atoms with van der Waals surface area (Å²) in [4.78, 5) is 21.4. The van der Waals surface area contributed by atoms with Crippen molar-refractivity contribution in [2.75, 3.05) is 0 Å². The summed E-state index contributed by atoms with van der Waals surface area (Å²) >= 11 is 0. The van der Waals surface area contributed by atoms with Crippen molar-refractivity contribution in [1.82, 2.24) is 0 Å². The van der Waals surface area contributed by atoms with Crippen molar-refractivity contribution in [3.8, 4) is 0 Å². The maximum Gasteiger partial charge on any atom is 0.348 e. The molecule has 0 aliphatic carbocycles. The summed E-state index contributed by atoms with van der Waals surface area (Å²) in [5.74, 6) is -1.01. The van der Waals surface area contributed by atoms with E-state index in [0.29, 0.717) is 12.3 Å². The van der Waals surface area contributed by atoms with Gasteiger partial charge in [-0.15, -0.1) is 0 Å². The number of carboxylic acids is 1. The maximum absolute atomic E-state index is 10.8. The lowest BCUT2D eigenvalue weighted by molar-refractivity contribution is -0.206. The van der Waals surface area contributed by atoms with Gasteiger partial charge in [0.25, 0.3) is 0 Å². The first-order valence-corrected chi connectivity index (χ1v) is 4.41. The Bertz CT molecular complexity index is 224. The second-order valence-corrected chi connectivity index (χ2v) is 3.88. The summed E-state index contributed by atoms with van der Waals surface area (Å²) in [5, 5.41) is 8.84. The molecule has 1 unspecified atom stereocenters. The highest BCUT2D eigenvalue weighted by Gasteiger charge is 2.52. The van der Waals surface area contributed by atoms with E-state index in [0.717, 1.165) is 6.42 Å². The fraction of sp³-hybridized carbons (Fsp3) is 0.778. The van der Waals surface area contributed by atoms with Gasteiger partial charge < -0.3 is 9.84 Å². The highest BCUT2D eigenvalue weighted by Crippen LogP contribution is 2.33. The molecule has 1 rings (SSSR count). The van der Waals surface area contributed by atoms with Crippen LogP contribution in [0.4, 0.5) is 0 Å². The molecule has 0 saturated carbocycles. The van der Waals surface area contributed by atoms with Gasteiger partial charge in [-0.25, -0.2) is 4.79 Å². The monoisotopic (exact) mass is 186 g/mol. The molecule has 1 saturated heterocycles. The van der Waals surface area contributed by atoms with Gasteiger partial charge in [-0.05, 0) is 18.8 Å². The van der Waals surface area contributed by atoms with Crippen LogP contribution >= 0.6 is 0 Å². The Hall–Kier alpha value is -1.06. The minimum Gasteiger partial charge on any atom is -0.478 e. The number of cyclic esters (lactones) is 1. The summed E-state index contributed by atoms with van der Waals surface area (Å²) in [7, 11) is 0. The van der Waals surface area contributed by atoms with E-state index < -0.39 is 17.5 Å². The number of rotatable bonds is 4. The molecule has 1 atom stereocenters. The molecule has 1 heterocycles. The fourth-order valence-electron chi connectivity index (χ4n) is 1.33. The first-order chi connectivity index (χ1) is 5.96. The van der Waals surface area contributed by atoms with E-state index in [2.05, 4.69) is 0 Å². The molecule has 4 nitrogen and oxygen atoms in total. The molecule has 74 valence electrons. The Balaban J connectivity index is 2.50. The standard InChI is InChI=1S/C9H14O4/c1-6(2)3-4-9(8(11)12)5-7(10)13-9/h6H,3-5H2,1-2H3,(H,11,12). The van der Waals surface area contributed by atoms with Crippen LogP contribution in [0.2, 0.25) is 0 Å². The van der Waals surface area contributed by atoms with Crippen molar-refractivity contribution in [2.24, 2.45) is 5.92 Å². The SMILES string of the molecule is CC(C)CCC1(C(=O)O)CC(=O)O1. The number of hydrogen-bond acceptors (Lipinski definition) is 3. The fourth-order valence-corrected chi connectivity index (χ4v) is 1.33. The first-order valence-electron chi connectivity index (χ1n) is 4.41. The normalized spacial score (nSPS) is 26.8. The van der Waals surface area contributed by atoms with Crippen molar-refractivity contribution in [1.29, 1.82) is 0 Å². The second kappa shape index (κ2) is 3.36. The van der Waals surface area contributed by atoms with E-state index in [1.165, 1.54) is 0 Å². The topological polar surface area (TPSA) is 63.6 Å². The van der Waals surface area contributed by atoms with Gasteiger partial charge in [-0.1, -0.05) is 13.8 Å². The van der Waals surface area contributed by atoms with E-state index >= 15 is 0 Å². The number of hydrogen-bond donors (Lipinski definition) is 1. The zero-order chi connectivity index (χ0) is 10.1. The lowest BCUT2D eigenvalue weighted by Crippen LogP contribution is -2.53. The van der Waals surface area contributed by atoms with Gasteiger partial charge in [0.15, 0.2) is 0 Å². The lowest BCUT2D eigenvalue weighted by Gasteiger charge is -2.36. The molecular weight excluding hydrogens is 172 g/mol. The zero-order valence-corrected chi connectivity index (χ0v) is 7.87. The number of aliphatic carboxylic acids is 1. The molecule has 0 bridgehead atoms. The zero-order valence-electron chi connectivity index (χ0n) is 7.87. The van der Waals surface area contributed by atoms with Crippen LogP contribution in [0, 0.1) is 5.92 Å². The van der Waals surface area contributed by atoms with E-state index in [4.69, 9.17) is 9.84 Å². The van der Waals surface area contributed by atoms with Gasteiger partial charge in [0.2, 0.25) is 5.60 Å². The van der Waals surface area contributed by atoms with Crippen molar-refractivity contribution >= 4 is 11.9 Å². The predicted molar refractivity (Wildman–Crippen MR) is 45.1 cm³/mol. The second-order valence-electron chi connectivity index (χ2n) is 3.88. The number of esters is 1. The number of carbonyl (C=O) groups excluding carboxylic acids is 1. The molecule has 0 aromatic rings. The van der Waals surface area contributed by atoms with Crippen LogP contribution in [-0.2, 0) is 14.3 Å². The average Bonchev–Trinajstić information content (AvgIpc) is 1.94. The molecule has 0 aromatic heterocycles. The van der Waals surface area contributed by atoms with Gasteiger partial charge in [0.1, 0.15) is 0 Å². The Morgan fingerprint density at radius 2 is 2.23 bits per heavy atom. The number of carbonyl (C=O) groups is 2. The minimum absolute atomic E-state index is 0.0229. The molecule has 13 heavy (non-hydrogen) atoms. The molecule has 0 spiro atoms. The van der Waals surface area contributed by atoms with E-state index in [9.17, 15) is 9.59 Å². The summed E-state index contributed by atoms with van der Waals surface area (Å²) in [6, 6.07) is 0. The first kappa shape index (κ1) is 10.0. The van der Waals surface area contributed by atoms with Crippen molar-refractivity contribution < 1.29 is 19.4 Å². The predicted octanol–water partition coefficient (Wildman–Crippen LogP) is 1.19. The molecular formula is C9H14O4. The minimum atomic E-state index is -1.21. The highest BCUT2D eigenvalue weighted by atomic mass is 16.6. The Morgan fingerprint density at radius 3 is 2.54 bits per heavy atom. The summed E-state index contributed by atoms with van der Waals surface area (Å²) in [6.45, 7) is 4.02. The molecule has 0 amide bonds. The van der Waals surface area contributed by atoms with Crippen LogP contribution in [0.15, 0.2) is 0 Å². The van der Waals surface area contributed by atoms with Crippen molar-refractivity contribution in [3.63, 3.8) is 0 Å². The Labute approximate surface area is 76.9 Å². The average molecular weight is 186 g/mol. The maximum atomic E-state index is 10.8. The Kier molecular flexibility index (Phi) is 2.59. The number of carboxylic acid groups (broad SMARTS) is 1. The molecule has 0 radical (unpaired) electrons. The molecule has 0 aromatic carbocycles. The lowest BCUT2D eigenvalue weighted by atomic mass is 9.86. The van der Waals surface area contributed by atoms with E-state index in [-0.39, 0.29) is 6.42 Å². The van der Waals surface area contributed by atoms with Gasteiger partial charge in [-0.3, -0.25) is 4.79 Å². The quantitative estimate of drug-likeness (QED) is 0.670. The van der Waals surface area contributed by atoms with Crippen molar-refractivity contribution in [2.45, 2.75) is 38.7 Å². The Morgan fingerprint density at radius 1 is 1.69 bits per heavy atom. The van der Waals surface area contributed by atoms with Crippen LogP contribution < -0.4 is 0 Å². The van der Waals surface area contributed by atoms with Gasteiger partial charge >= 0.3 is 11.9 Å². The summed E-state index contributed by atoms with van der Waals surface area (Å²) in [5.41, 5.74) is -1.21. The van der Waals surface area contributed by atoms with Crippen molar-refractivity contribution in [3.05, 3.63) is 0 Å². The molecule has 1 N–H and O–H groups in total. The highest BCUT2D eigenvalue weighted by molar-refractivity contribution is 5.92. The van der Waals surface area contributed by atoms with Gasteiger partial charge in [0.05, 0.1) is 6.42 Å². The summed E-state index contributed by atoms with van der Waals surface area (Å²) in [6.07, 6.45) is 1.21. The molecule has 4 heteroatoms. The third-order valence-corrected chi connectivity index (χ3v) is 2.25. The van der Waals surface area contributed by atoms with E-state index in [1.54, 1.807) is 0 Å². The molecule has 1 aliphatic heterocycles. The van der Waals surface area contributed by atoms with E-state index in [1.807, 2.05) is 13.8 Å². The van der Waals surface area contributed by atoms with Crippen LogP contribution in [0.5, 0.6) is 0 Å². The van der Waals surface area contributed by atoms with Crippen LogP contribution in [0.1, 0.15) is 33.1 Å². The van der Waals surface area contributed by atoms with Crippen LogP contribution in [-0.4, -0.2) is 22.6 Å².